The molecule has 0 saturated carbocycles. The summed E-state index contributed by atoms with van der Waals surface area (Å²) in [6.07, 6.45) is 0. The van der Waals surface area contributed by atoms with Crippen molar-refractivity contribution in [2.24, 2.45) is 0 Å². The van der Waals surface area contributed by atoms with Crippen molar-refractivity contribution in [3.05, 3.63) is 0 Å². The highest BCUT2D eigenvalue weighted by atomic mass is 17.2. The number of hydrogen-bond donors (Lipinski definition) is 3. The Bertz CT molecular complexity index is 39.0. The molecule has 0 radical (unpaired) electrons. The van der Waals surface area contributed by atoms with Crippen molar-refractivity contribution in [2.45, 2.75) is 0 Å². The summed E-state index contributed by atoms with van der Waals surface area (Å²) in [4.78, 5) is 3.58. The van der Waals surface area contributed by atoms with Gasteiger partial charge in [-0.15, -0.1) is 4.94 Å². The highest BCUT2D eigenvalue weighted by Gasteiger charge is 1.94. The molecular formula is CH6N2O4. The predicted molar refractivity (Wildman–Crippen MR) is 16.0 cm³/mol. The summed E-state index contributed by atoms with van der Waals surface area (Å²) in [6, 6.07) is 0. The van der Waals surface area contributed by atoms with Gasteiger partial charge in [0, 0.05) is 7.05 Å². The van der Waals surface area contributed by atoms with Crippen LogP contribution in [-0.4, -0.2) is 33.3 Å². The lowest BCUT2D eigenvalue weighted by Crippen LogP contribution is -2.25. The van der Waals surface area contributed by atoms with E-state index in [-0.39, 0.29) is 5.23 Å². The van der Waals surface area contributed by atoms with Crippen LogP contribution in [0.2, 0.25) is 0 Å². The van der Waals surface area contributed by atoms with E-state index in [0.29, 0.717) is 0 Å². The molecule has 0 rings (SSSR count). The van der Waals surface area contributed by atoms with Gasteiger partial charge in [-0.05, 0) is 5.23 Å². The van der Waals surface area contributed by atoms with Crippen molar-refractivity contribution in [1.82, 2.24) is 10.6 Å². The number of hydroxylamine groups is 2. The Hall–Kier alpha value is -0.240. The highest BCUT2D eigenvalue weighted by molar-refractivity contribution is 3.74. The van der Waals surface area contributed by atoms with E-state index in [1.807, 2.05) is 0 Å². The van der Waals surface area contributed by atoms with E-state index >= 15 is 0 Å². The first kappa shape index (κ1) is 6.76. The molecule has 0 aliphatic rings. The van der Waals surface area contributed by atoms with Crippen LogP contribution in [0.25, 0.3) is 0 Å². The molecule has 0 aliphatic carbocycles. The Labute approximate surface area is 39.5 Å². The van der Waals surface area contributed by atoms with Crippen LogP contribution in [-0.2, 0) is 4.94 Å². The topological polar surface area (TPSA) is 76.4 Å². The number of hydrogen-bond acceptors (Lipinski definition) is 6. The summed E-state index contributed by atoms with van der Waals surface area (Å²) in [7, 11) is 1.07. The summed E-state index contributed by atoms with van der Waals surface area (Å²) in [5, 5.41) is 22.8. The summed E-state index contributed by atoms with van der Waals surface area (Å²) in [5.41, 5.74) is 0. The smallest absolute Gasteiger partial charge is 0.0915 e. The first-order valence-corrected chi connectivity index (χ1v) is 1.41. The van der Waals surface area contributed by atoms with Crippen LogP contribution in [0.5, 0.6) is 0 Å². The minimum atomic E-state index is -0.625. The molecule has 0 heterocycles. The molecule has 6 heteroatoms. The van der Waals surface area contributed by atoms with Gasteiger partial charge >= 0.3 is 0 Å². The number of rotatable bonds is 2. The SMILES string of the molecule is CN(O)ON(O)O. The molecule has 7 heavy (non-hydrogen) atoms. The van der Waals surface area contributed by atoms with Gasteiger partial charge in [-0.2, -0.15) is 0 Å². The summed E-state index contributed by atoms with van der Waals surface area (Å²) >= 11 is 0. The average Bonchev–Trinajstić information content (AvgIpc) is 1.27. The monoisotopic (exact) mass is 110 g/mol. The average molecular weight is 110 g/mol. The molecule has 0 saturated heterocycles. The van der Waals surface area contributed by atoms with Crippen LogP contribution in [0.1, 0.15) is 0 Å². The molecule has 0 bridgehead atoms. The molecule has 0 fully saturated rings. The Morgan fingerprint density at radius 2 is 1.71 bits per heavy atom. The van der Waals surface area contributed by atoms with E-state index in [1.165, 1.54) is 0 Å². The van der Waals surface area contributed by atoms with Gasteiger partial charge in [0.2, 0.25) is 0 Å². The molecule has 0 aromatic carbocycles. The van der Waals surface area contributed by atoms with Gasteiger partial charge < -0.3 is 0 Å². The minimum Gasteiger partial charge on any atom is -0.288 e. The molecule has 0 aromatic rings. The lowest BCUT2D eigenvalue weighted by Gasteiger charge is -2.07. The van der Waals surface area contributed by atoms with Crippen molar-refractivity contribution in [3.63, 3.8) is 0 Å². The Balaban J connectivity index is 2.95. The van der Waals surface area contributed by atoms with Crippen molar-refractivity contribution < 1.29 is 20.6 Å². The lowest BCUT2D eigenvalue weighted by molar-refractivity contribution is -0.592. The van der Waals surface area contributed by atoms with E-state index in [0.717, 1.165) is 7.05 Å². The van der Waals surface area contributed by atoms with E-state index < -0.39 is 5.39 Å². The first-order valence-electron chi connectivity index (χ1n) is 1.41. The molecule has 0 aromatic heterocycles. The van der Waals surface area contributed by atoms with Crippen LogP contribution < -0.4 is 0 Å². The fraction of sp³-hybridized carbons (Fsp3) is 1.00. The van der Waals surface area contributed by atoms with Crippen molar-refractivity contribution >= 4 is 0 Å². The minimum absolute atomic E-state index is 0.125. The van der Waals surface area contributed by atoms with Crippen LogP contribution in [0.4, 0.5) is 0 Å². The van der Waals surface area contributed by atoms with Gasteiger partial charge in [0.15, 0.2) is 0 Å². The van der Waals surface area contributed by atoms with E-state index in [9.17, 15) is 0 Å². The lowest BCUT2D eigenvalue weighted by atomic mass is 11.5. The third kappa shape index (κ3) is 5.76. The van der Waals surface area contributed by atoms with Gasteiger partial charge in [0.1, 0.15) is 0 Å². The zero-order chi connectivity index (χ0) is 5.86. The predicted octanol–water partition coefficient (Wildman–Crippen LogP) is -0.766. The zero-order valence-electron chi connectivity index (χ0n) is 3.64. The third-order valence-electron chi connectivity index (χ3n) is 0.191. The molecule has 0 amide bonds. The van der Waals surface area contributed by atoms with Crippen molar-refractivity contribution in [2.75, 3.05) is 7.05 Å². The standard InChI is InChI=1S/CH6N2O4/c1-2(4)7-3(5)6/h4-6H,1H3. The molecule has 0 aliphatic heterocycles. The molecule has 0 spiro atoms. The van der Waals surface area contributed by atoms with Crippen LogP contribution >= 0.6 is 0 Å². The van der Waals surface area contributed by atoms with Crippen molar-refractivity contribution in [1.29, 1.82) is 0 Å². The Kier molecular flexibility index (Phi) is 2.76. The van der Waals surface area contributed by atoms with Crippen LogP contribution in [0.3, 0.4) is 0 Å². The maximum Gasteiger partial charge on any atom is 0.0915 e. The van der Waals surface area contributed by atoms with Crippen molar-refractivity contribution in [3.8, 4) is 0 Å². The maximum absolute atomic E-state index is 7.97. The quantitative estimate of drug-likeness (QED) is 0.405. The molecule has 0 atom stereocenters. The van der Waals surface area contributed by atoms with Gasteiger partial charge in [0.05, 0.1) is 5.39 Å². The van der Waals surface area contributed by atoms with Gasteiger partial charge in [-0.3, -0.25) is 15.6 Å². The second-order valence-corrected chi connectivity index (χ2v) is 0.799. The van der Waals surface area contributed by atoms with E-state index in [2.05, 4.69) is 4.94 Å². The Morgan fingerprint density at radius 3 is 1.71 bits per heavy atom. The maximum atomic E-state index is 7.97. The molecule has 3 N–H and O–H groups in total. The summed E-state index contributed by atoms with van der Waals surface area (Å²) in [5.74, 6) is 0. The fourth-order valence-electron chi connectivity index (χ4n) is 0.106. The summed E-state index contributed by atoms with van der Waals surface area (Å²) in [6.45, 7) is 0. The molecule has 0 unspecified atom stereocenters. The van der Waals surface area contributed by atoms with Crippen LogP contribution in [0, 0.1) is 0 Å². The largest absolute Gasteiger partial charge is 0.288 e. The second kappa shape index (κ2) is 2.86. The molecular weight excluding hydrogens is 104 g/mol. The number of nitrogens with zero attached hydrogens (tertiary/aromatic N) is 2. The highest BCUT2D eigenvalue weighted by Crippen LogP contribution is 1.76. The van der Waals surface area contributed by atoms with Gasteiger partial charge in [0.25, 0.3) is 0 Å². The zero-order valence-corrected chi connectivity index (χ0v) is 3.64. The molecule has 44 valence electrons. The normalized spacial score (nSPS) is 11.1. The molecule has 6 nitrogen and oxygen atoms in total. The fourth-order valence-corrected chi connectivity index (χ4v) is 0.106. The Morgan fingerprint density at radius 1 is 1.29 bits per heavy atom. The van der Waals surface area contributed by atoms with E-state index in [4.69, 9.17) is 15.6 Å². The van der Waals surface area contributed by atoms with Gasteiger partial charge in [-0.1, -0.05) is 0 Å². The van der Waals surface area contributed by atoms with Gasteiger partial charge in [-0.25, -0.2) is 0 Å². The summed E-state index contributed by atoms with van der Waals surface area (Å²) < 4.78 is 0. The van der Waals surface area contributed by atoms with Crippen LogP contribution in [0.15, 0.2) is 0 Å². The first-order chi connectivity index (χ1) is 3.13. The third-order valence-corrected chi connectivity index (χ3v) is 0.191. The second-order valence-electron chi connectivity index (χ2n) is 0.799. The van der Waals surface area contributed by atoms with E-state index in [1.54, 1.807) is 0 Å².